The number of hydrazine groups is 1. The van der Waals surface area contributed by atoms with Gasteiger partial charge in [0.25, 0.3) is 10.0 Å². The van der Waals surface area contributed by atoms with Gasteiger partial charge in [0.05, 0.1) is 54.6 Å². The van der Waals surface area contributed by atoms with Crippen LogP contribution in [-0.2, 0) is 27.4 Å². The Kier molecular flexibility index (Phi) is 7.88. The van der Waals surface area contributed by atoms with Crippen LogP contribution >= 0.6 is 11.3 Å². The molecule has 0 bridgehead atoms. The maximum Gasteiger partial charge on any atom is 0.427 e. The lowest BCUT2D eigenvalue weighted by molar-refractivity contribution is -0.134. The van der Waals surface area contributed by atoms with Gasteiger partial charge in [-0.1, -0.05) is 5.57 Å². The van der Waals surface area contributed by atoms with E-state index in [0.29, 0.717) is 35.1 Å². The maximum absolute atomic E-state index is 14.4. The molecule has 3 aromatic rings. The molecule has 4 N–H and O–H groups in total. The first-order chi connectivity index (χ1) is 21.2. The Labute approximate surface area is 259 Å². The Morgan fingerprint density at radius 1 is 1.20 bits per heavy atom. The zero-order chi connectivity index (χ0) is 32.3. The maximum atomic E-state index is 14.4. The number of alkyl halides is 3. The number of hydrogen-bond acceptors (Lipinski definition) is 10. The van der Waals surface area contributed by atoms with Gasteiger partial charge in [0.2, 0.25) is 5.78 Å². The summed E-state index contributed by atoms with van der Waals surface area (Å²) in [5, 5.41) is 4.65. The SMILES string of the molecule is CN(N)/C=C(\N)S(=O)(=O)N(C1COC1)[C@H]1CCC2=Cc3c(cnn3-c3ccc(F)cc3)C[C@]2(C(=O)c2ncc(C(F)(F)F)s2)C1. The summed E-state index contributed by atoms with van der Waals surface area (Å²) >= 11 is 0.256. The number of halogens is 4. The predicted octanol–water partition coefficient (Wildman–Crippen LogP) is 3.44. The van der Waals surface area contributed by atoms with E-state index in [0.717, 1.165) is 11.2 Å². The highest BCUT2D eigenvalue weighted by Gasteiger charge is 2.54. The first-order valence-corrected chi connectivity index (χ1v) is 16.1. The summed E-state index contributed by atoms with van der Waals surface area (Å²) in [5.74, 6) is 4.58. The molecule has 0 spiro atoms. The van der Waals surface area contributed by atoms with Crippen LogP contribution in [0.1, 0.15) is 45.2 Å². The molecular formula is C28H29F4N7O4S2. The molecule has 1 saturated carbocycles. The molecule has 3 heterocycles. The lowest BCUT2D eigenvalue weighted by Gasteiger charge is -2.49. The minimum absolute atomic E-state index is 0.0392. The molecule has 2 fully saturated rings. The number of carbonyl (C=O) groups is 1. The van der Waals surface area contributed by atoms with E-state index >= 15 is 0 Å². The van der Waals surface area contributed by atoms with Gasteiger partial charge in [-0.15, -0.1) is 11.3 Å². The zero-order valence-corrected chi connectivity index (χ0v) is 25.5. The molecule has 1 saturated heterocycles. The van der Waals surface area contributed by atoms with Crippen LogP contribution in [0.2, 0.25) is 0 Å². The normalized spacial score (nSPS) is 22.4. The van der Waals surface area contributed by atoms with E-state index in [2.05, 4.69) is 10.1 Å². The monoisotopic (exact) mass is 667 g/mol. The smallest absolute Gasteiger partial charge is 0.387 e. The van der Waals surface area contributed by atoms with Crippen LogP contribution in [-0.4, -0.2) is 70.6 Å². The Bertz CT molecular complexity index is 1800. The number of fused-ring (bicyclic) bond motifs is 2. The lowest BCUT2D eigenvalue weighted by atomic mass is 9.61. The molecule has 0 radical (unpaired) electrons. The number of aromatic nitrogens is 3. The van der Waals surface area contributed by atoms with Crippen LogP contribution in [0.5, 0.6) is 0 Å². The van der Waals surface area contributed by atoms with Gasteiger partial charge in [0.1, 0.15) is 10.7 Å². The van der Waals surface area contributed by atoms with E-state index in [1.807, 2.05) is 0 Å². The molecule has 1 aromatic carbocycles. The second-order valence-corrected chi connectivity index (χ2v) is 14.2. The molecule has 0 unspecified atom stereocenters. The minimum Gasteiger partial charge on any atom is -0.387 e. The van der Waals surface area contributed by atoms with Gasteiger partial charge >= 0.3 is 6.18 Å². The van der Waals surface area contributed by atoms with E-state index in [1.165, 1.54) is 23.5 Å². The van der Waals surface area contributed by atoms with E-state index in [-0.39, 0.29) is 48.8 Å². The summed E-state index contributed by atoms with van der Waals surface area (Å²) in [4.78, 5) is 17.2. The molecule has 2 aliphatic carbocycles. The van der Waals surface area contributed by atoms with Crippen molar-refractivity contribution >= 4 is 33.2 Å². The predicted molar refractivity (Wildman–Crippen MR) is 156 cm³/mol. The fraction of sp³-hybridized carbons (Fsp3) is 0.393. The minimum atomic E-state index is -4.69. The summed E-state index contributed by atoms with van der Waals surface area (Å²) in [5.41, 5.74) is 7.05. The van der Waals surface area contributed by atoms with Gasteiger partial charge in [0, 0.05) is 13.1 Å². The Balaban J connectivity index is 1.45. The number of nitrogens with two attached hydrogens (primary N) is 2. The number of hydrogen-bond donors (Lipinski definition) is 2. The number of Topliss-reactive ketones (excluding diaryl/α,β-unsaturated/α-hetero) is 1. The van der Waals surface area contributed by atoms with Crippen LogP contribution in [0.4, 0.5) is 17.6 Å². The van der Waals surface area contributed by atoms with E-state index in [1.54, 1.807) is 29.1 Å². The van der Waals surface area contributed by atoms with Crippen molar-refractivity contribution in [2.75, 3.05) is 20.3 Å². The zero-order valence-electron chi connectivity index (χ0n) is 23.9. The van der Waals surface area contributed by atoms with Gasteiger partial charge in [-0.3, -0.25) is 4.79 Å². The van der Waals surface area contributed by atoms with Gasteiger partial charge < -0.3 is 15.5 Å². The number of rotatable bonds is 8. The average Bonchev–Trinajstić information content (AvgIpc) is 3.60. The third kappa shape index (κ3) is 5.56. The Morgan fingerprint density at radius 3 is 2.51 bits per heavy atom. The number of ether oxygens (including phenoxy) is 1. The summed E-state index contributed by atoms with van der Waals surface area (Å²) in [7, 11) is -2.87. The van der Waals surface area contributed by atoms with Crippen molar-refractivity contribution in [2.24, 2.45) is 17.0 Å². The molecular weight excluding hydrogens is 638 g/mol. The van der Waals surface area contributed by atoms with Crippen molar-refractivity contribution < 1.29 is 35.5 Å². The van der Waals surface area contributed by atoms with E-state index in [4.69, 9.17) is 16.3 Å². The highest BCUT2D eigenvalue weighted by atomic mass is 32.2. The largest absolute Gasteiger partial charge is 0.427 e. The van der Waals surface area contributed by atoms with Crippen molar-refractivity contribution in [3.8, 4) is 5.69 Å². The molecule has 2 atom stereocenters. The van der Waals surface area contributed by atoms with Crippen molar-refractivity contribution in [2.45, 2.75) is 43.9 Å². The number of nitrogens with zero attached hydrogens (tertiary/aromatic N) is 5. The van der Waals surface area contributed by atoms with E-state index < -0.39 is 55.2 Å². The molecule has 11 nitrogen and oxygen atoms in total. The van der Waals surface area contributed by atoms with Crippen molar-refractivity contribution in [1.82, 2.24) is 24.1 Å². The number of sulfonamides is 1. The van der Waals surface area contributed by atoms with Gasteiger partial charge in [-0.25, -0.2) is 28.3 Å². The van der Waals surface area contributed by atoms with Crippen LogP contribution in [0, 0.1) is 11.2 Å². The van der Waals surface area contributed by atoms with E-state index in [9.17, 15) is 30.8 Å². The first-order valence-electron chi connectivity index (χ1n) is 13.9. The number of benzene rings is 1. The molecule has 1 aliphatic heterocycles. The summed E-state index contributed by atoms with van der Waals surface area (Å²) < 4.78 is 90.0. The van der Waals surface area contributed by atoms with Crippen LogP contribution < -0.4 is 11.6 Å². The standard InChI is InChI=1S/C28H29F4N7O4S2/c1-37(34)13-24(33)45(41,42)39(21-14-43-15-21)20-5-2-17-8-22-16(11-36-38(22)19-6-3-18(29)4-7-19)9-27(17,10-20)25(40)26-35-12-23(44-26)28(30,31)32/h3-4,6-8,11-13,20-21H,2,5,9-10,14-15,33-34H2,1H3/b24-13+/t20-,27-/m0/s1. The Hall–Kier alpha value is -3.64. The lowest BCUT2D eigenvalue weighted by Crippen LogP contribution is -2.59. The highest BCUT2D eigenvalue weighted by molar-refractivity contribution is 7.93. The second-order valence-electron chi connectivity index (χ2n) is 11.3. The quantitative estimate of drug-likeness (QED) is 0.159. The molecule has 0 amide bonds. The highest BCUT2D eigenvalue weighted by Crippen LogP contribution is 2.52. The third-order valence-corrected chi connectivity index (χ3v) is 11.3. The van der Waals surface area contributed by atoms with Gasteiger partial charge in [-0.05, 0) is 61.6 Å². The molecule has 17 heteroatoms. The number of carbonyl (C=O) groups excluding carboxylic acids is 1. The van der Waals surface area contributed by atoms with Crippen LogP contribution in [0.3, 0.4) is 0 Å². The molecule has 2 aromatic heterocycles. The molecule has 3 aliphatic rings. The summed E-state index contributed by atoms with van der Waals surface area (Å²) in [6, 6.07) is 4.38. The average molecular weight is 668 g/mol. The fourth-order valence-corrected chi connectivity index (χ4v) is 8.71. The number of allylic oxidation sites excluding steroid dienone is 1. The van der Waals surface area contributed by atoms with Crippen molar-refractivity contribution in [3.63, 3.8) is 0 Å². The number of thiazole rings is 1. The third-order valence-electron chi connectivity index (χ3n) is 8.37. The van der Waals surface area contributed by atoms with Crippen molar-refractivity contribution in [1.29, 1.82) is 0 Å². The van der Waals surface area contributed by atoms with Gasteiger partial charge in [0.15, 0.2) is 10.0 Å². The molecule has 6 rings (SSSR count). The van der Waals surface area contributed by atoms with Crippen LogP contribution in [0.15, 0.2) is 53.5 Å². The van der Waals surface area contributed by atoms with Crippen molar-refractivity contribution in [3.05, 3.63) is 80.4 Å². The number of ketones is 1. The van der Waals surface area contributed by atoms with Crippen LogP contribution in [0.25, 0.3) is 11.8 Å². The fourth-order valence-electron chi connectivity index (χ4n) is 6.25. The van der Waals surface area contributed by atoms with Gasteiger partial charge in [-0.2, -0.15) is 22.6 Å². The first kappa shape index (κ1) is 31.3. The second kappa shape index (κ2) is 11.3. The Morgan fingerprint density at radius 2 is 1.91 bits per heavy atom. The summed E-state index contributed by atoms with van der Waals surface area (Å²) in [6.45, 7) is 0.224. The molecule has 45 heavy (non-hydrogen) atoms. The molecule has 240 valence electrons. The topological polar surface area (TPSA) is 150 Å². The summed E-state index contributed by atoms with van der Waals surface area (Å²) in [6.07, 6.45) is 0.907.